The molecule has 0 saturated heterocycles. The number of hydrogen-bond acceptors (Lipinski definition) is 3. The maximum Gasteiger partial charge on any atom is 0.268 e. The Bertz CT molecular complexity index is 894. The maximum atomic E-state index is 12.8. The van der Waals surface area contributed by atoms with Crippen LogP contribution in [0.3, 0.4) is 0 Å². The first-order valence-electron chi connectivity index (χ1n) is 6.65. The van der Waals surface area contributed by atoms with Gasteiger partial charge in [-0.15, -0.1) is 0 Å². The fourth-order valence-electron chi connectivity index (χ4n) is 2.31. The monoisotopic (exact) mass is 300 g/mol. The van der Waals surface area contributed by atoms with Crippen LogP contribution in [0.2, 0.25) is 0 Å². The third-order valence-corrected chi connectivity index (χ3v) is 5.24. The van der Waals surface area contributed by atoms with E-state index >= 15 is 0 Å². The molecule has 3 rings (SSSR count). The minimum Gasteiger partial charge on any atom is -0.326 e. The number of rotatable bonds is 3. The van der Waals surface area contributed by atoms with Crippen molar-refractivity contribution in [1.29, 1.82) is 0 Å². The minimum absolute atomic E-state index is 0.281. The molecule has 2 N–H and O–H groups in total. The Kier molecular flexibility index (Phi) is 3.31. The lowest BCUT2D eigenvalue weighted by molar-refractivity contribution is 0.589. The summed E-state index contributed by atoms with van der Waals surface area (Å²) in [6.45, 7) is 2.31. The second kappa shape index (κ2) is 5.02. The number of aromatic nitrogens is 1. The van der Waals surface area contributed by atoms with E-state index in [9.17, 15) is 8.42 Å². The average Bonchev–Trinajstić information content (AvgIpc) is 2.91. The van der Waals surface area contributed by atoms with Crippen LogP contribution in [0, 0.1) is 6.92 Å². The van der Waals surface area contributed by atoms with E-state index in [4.69, 9.17) is 5.73 Å². The van der Waals surface area contributed by atoms with Crippen LogP contribution in [0.25, 0.3) is 10.9 Å². The molecule has 0 radical (unpaired) electrons. The van der Waals surface area contributed by atoms with Crippen LogP contribution in [0.4, 0.5) is 0 Å². The number of fused-ring (bicyclic) bond motifs is 1. The summed E-state index contributed by atoms with van der Waals surface area (Å²) < 4.78 is 26.8. The molecule has 1 heterocycles. The predicted molar refractivity (Wildman–Crippen MR) is 83.6 cm³/mol. The molecule has 0 amide bonds. The van der Waals surface area contributed by atoms with Gasteiger partial charge in [0.25, 0.3) is 10.0 Å². The molecule has 0 aliphatic carbocycles. The Morgan fingerprint density at radius 3 is 2.43 bits per heavy atom. The van der Waals surface area contributed by atoms with Crippen LogP contribution >= 0.6 is 0 Å². The van der Waals surface area contributed by atoms with Crippen molar-refractivity contribution in [1.82, 2.24) is 3.97 Å². The fraction of sp³-hybridized carbons (Fsp3) is 0.125. The summed E-state index contributed by atoms with van der Waals surface area (Å²) in [7, 11) is -3.59. The second-order valence-electron chi connectivity index (χ2n) is 5.03. The SMILES string of the molecule is Cc1ccc(S(=O)(=O)n2ccc3ccc(CN)cc32)cc1. The van der Waals surface area contributed by atoms with Crippen molar-refractivity contribution in [2.45, 2.75) is 18.4 Å². The van der Waals surface area contributed by atoms with E-state index in [0.717, 1.165) is 16.5 Å². The normalized spacial score (nSPS) is 11.9. The third kappa shape index (κ3) is 2.34. The van der Waals surface area contributed by atoms with Crippen LogP contribution in [0.15, 0.2) is 59.6 Å². The van der Waals surface area contributed by atoms with E-state index in [-0.39, 0.29) is 4.90 Å². The minimum atomic E-state index is -3.59. The molecule has 0 spiro atoms. The van der Waals surface area contributed by atoms with Crippen molar-refractivity contribution in [3.05, 3.63) is 65.9 Å². The molecule has 2 aromatic carbocycles. The standard InChI is InChI=1S/C16H16N2O2S/c1-12-2-6-15(7-3-12)21(19,20)18-9-8-14-5-4-13(11-17)10-16(14)18/h2-10H,11,17H2,1H3. The van der Waals surface area contributed by atoms with Gasteiger partial charge in [0.05, 0.1) is 10.4 Å². The second-order valence-corrected chi connectivity index (χ2v) is 6.84. The Hall–Kier alpha value is -2.11. The summed E-state index contributed by atoms with van der Waals surface area (Å²) in [6.07, 6.45) is 1.58. The van der Waals surface area contributed by atoms with Crippen LogP contribution in [0.5, 0.6) is 0 Å². The van der Waals surface area contributed by atoms with Gasteiger partial charge in [0.2, 0.25) is 0 Å². The van der Waals surface area contributed by atoms with Crippen molar-refractivity contribution in [3.8, 4) is 0 Å². The highest BCUT2D eigenvalue weighted by Gasteiger charge is 2.18. The summed E-state index contributed by atoms with van der Waals surface area (Å²) in [6, 6.07) is 14.3. The lowest BCUT2D eigenvalue weighted by Crippen LogP contribution is -2.12. The molecule has 1 aromatic heterocycles. The third-order valence-electron chi connectivity index (χ3n) is 3.54. The Balaban J connectivity index is 2.21. The van der Waals surface area contributed by atoms with E-state index in [1.54, 1.807) is 36.5 Å². The van der Waals surface area contributed by atoms with Gasteiger partial charge in [-0.2, -0.15) is 0 Å². The van der Waals surface area contributed by atoms with Crippen molar-refractivity contribution in [2.24, 2.45) is 5.73 Å². The Morgan fingerprint density at radius 1 is 1.05 bits per heavy atom. The topological polar surface area (TPSA) is 65.1 Å². The van der Waals surface area contributed by atoms with Crippen LogP contribution in [-0.4, -0.2) is 12.4 Å². The van der Waals surface area contributed by atoms with Gasteiger partial charge in [0.15, 0.2) is 0 Å². The van der Waals surface area contributed by atoms with Gasteiger partial charge in [-0.1, -0.05) is 29.8 Å². The van der Waals surface area contributed by atoms with Gasteiger partial charge in [-0.3, -0.25) is 0 Å². The van der Waals surface area contributed by atoms with Crippen LogP contribution in [0.1, 0.15) is 11.1 Å². The lowest BCUT2D eigenvalue weighted by Gasteiger charge is -2.08. The molecule has 5 heteroatoms. The van der Waals surface area contributed by atoms with E-state index < -0.39 is 10.0 Å². The Morgan fingerprint density at radius 2 is 1.76 bits per heavy atom. The van der Waals surface area contributed by atoms with Crippen molar-refractivity contribution < 1.29 is 8.42 Å². The zero-order chi connectivity index (χ0) is 15.0. The predicted octanol–water partition coefficient (Wildman–Crippen LogP) is 2.65. The first kappa shape index (κ1) is 13.9. The van der Waals surface area contributed by atoms with Crippen molar-refractivity contribution >= 4 is 20.9 Å². The number of nitrogens with zero attached hydrogens (tertiary/aromatic N) is 1. The van der Waals surface area contributed by atoms with Crippen molar-refractivity contribution in [2.75, 3.05) is 0 Å². The maximum absolute atomic E-state index is 12.8. The number of benzene rings is 2. The van der Waals surface area contributed by atoms with Crippen LogP contribution < -0.4 is 5.73 Å². The lowest BCUT2D eigenvalue weighted by atomic mass is 10.2. The average molecular weight is 300 g/mol. The zero-order valence-electron chi connectivity index (χ0n) is 11.7. The summed E-state index contributed by atoms with van der Waals surface area (Å²) >= 11 is 0. The summed E-state index contributed by atoms with van der Waals surface area (Å²) in [4.78, 5) is 0.281. The number of aryl methyl sites for hydroxylation is 1. The molecular weight excluding hydrogens is 284 g/mol. The van der Waals surface area contributed by atoms with Gasteiger partial charge in [0.1, 0.15) is 0 Å². The molecule has 4 nitrogen and oxygen atoms in total. The first-order chi connectivity index (χ1) is 10.0. The van der Waals surface area contributed by atoms with E-state index in [1.165, 1.54) is 3.97 Å². The summed E-state index contributed by atoms with van der Waals surface area (Å²) in [5.74, 6) is 0. The van der Waals surface area contributed by atoms with Gasteiger partial charge >= 0.3 is 0 Å². The zero-order valence-corrected chi connectivity index (χ0v) is 12.5. The summed E-state index contributed by atoms with van der Waals surface area (Å²) in [5, 5.41) is 0.878. The molecule has 0 unspecified atom stereocenters. The van der Waals surface area contributed by atoms with E-state index in [2.05, 4.69) is 0 Å². The summed E-state index contributed by atoms with van der Waals surface area (Å²) in [5.41, 5.74) is 8.22. The number of nitrogens with two attached hydrogens (primary N) is 1. The molecule has 0 fully saturated rings. The molecular formula is C16H16N2O2S. The molecule has 0 saturated carbocycles. The fourth-order valence-corrected chi connectivity index (χ4v) is 3.66. The van der Waals surface area contributed by atoms with Gasteiger partial charge < -0.3 is 5.73 Å². The highest BCUT2D eigenvalue weighted by Crippen LogP contribution is 2.23. The largest absolute Gasteiger partial charge is 0.326 e. The highest BCUT2D eigenvalue weighted by molar-refractivity contribution is 7.90. The number of hydrogen-bond donors (Lipinski definition) is 1. The van der Waals surface area contributed by atoms with Gasteiger partial charge in [0, 0.05) is 18.1 Å². The van der Waals surface area contributed by atoms with E-state index in [1.807, 2.05) is 25.1 Å². The smallest absolute Gasteiger partial charge is 0.268 e. The highest BCUT2D eigenvalue weighted by atomic mass is 32.2. The van der Waals surface area contributed by atoms with Gasteiger partial charge in [-0.05, 0) is 36.8 Å². The van der Waals surface area contributed by atoms with Gasteiger partial charge in [-0.25, -0.2) is 12.4 Å². The van der Waals surface area contributed by atoms with Crippen LogP contribution in [-0.2, 0) is 16.6 Å². The molecule has 21 heavy (non-hydrogen) atoms. The molecule has 0 aliphatic heterocycles. The molecule has 0 atom stereocenters. The first-order valence-corrected chi connectivity index (χ1v) is 8.09. The quantitative estimate of drug-likeness (QED) is 0.808. The molecule has 0 aliphatic rings. The van der Waals surface area contributed by atoms with Crippen molar-refractivity contribution in [3.63, 3.8) is 0 Å². The molecule has 0 bridgehead atoms. The molecule has 3 aromatic rings. The Labute approximate surface area is 123 Å². The molecule has 108 valence electrons. The van der Waals surface area contributed by atoms with E-state index in [0.29, 0.717) is 12.1 Å².